The summed E-state index contributed by atoms with van der Waals surface area (Å²) in [4.78, 5) is 28.5. The number of carbonyl (C=O) groups is 2. The van der Waals surface area contributed by atoms with Crippen molar-refractivity contribution in [1.82, 2.24) is 0 Å². The highest BCUT2D eigenvalue weighted by Crippen LogP contribution is 2.28. The van der Waals surface area contributed by atoms with Crippen LogP contribution in [0.25, 0.3) is 0 Å². The van der Waals surface area contributed by atoms with Gasteiger partial charge in [0.25, 0.3) is 0 Å². The van der Waals surface area contributed by atoms with Gasteiger partial charge in [0.2, 0.25) is 0 Å². The molecule has 1 aliphatic rings. The van der Waals surface area contributed by atoms with Gasteiger partial charge in [0.1, 0.15) is 18.4 Å². The van der Waals surface area contributed by atoms with Crippen molar-refractivity contribution in [2.45, 2.75) is 38.3 Å². The Kier molecular flexibility index (Phi) is 10.3. The van der Waals surface area contributed by atoms with Gasteiger partial charge in [0, 0.05) is 35.5 Å². The quantitative estimate of drug-likeness (QED) is 0.101. The van der Waals surface area contributed by atoms with Gasteiger partial charge in [-0.15, -0.1) is 0 Å². The van der Waals surface area contributed by atoms with Gasteiger partial charge >= 0.3 is 5.97 Å². The molecule has 0 amide bonds. The highest BCUT2D eigenvalue weighted by atomic mass is 16.5. The van der Waals surface area contributed by atoms with Crippen molar-refractivity contribution in [1.29, 1.82) is 0 Å². The fourth-order valence-corrected chi connectivity index (χ4v) is 6.16. The van der Waals surface area contributed by atoms with Crippen LogP contribution >= 0.6 is 0 Å². The van der Waals surface area contributed by atoms with Gasteiger partial charge in [-0.1, -0.05) is 91.0 Å². The molecule has 0 radical (unpaired) electrons. The number of hydrogen-bond acceptors (Lipinski definition) is 6. The predicted molar refractivity (Wildman–Crippen MR) is 187 cm³/mol. The summed E-state index contributed by atoms with van der Waals surface area (Å²) in [6.45, 7) is 2.08. The Morgan fingerprint density at radius 2 is 1.47 bits per heavy atom. The first-order valence-electron chi connectivity index (χ1n) is 16.2. The average molecular weight is 625 g/mol. The van der Waals surface area contributed by atoms with Crippen LogP contribution in [0.15, 0.2) is 127 Å². The first-order chi connectivity index (χ1) is 23.1. The molecule has 1 atom stereocenters. The summed E-state index contributed by atoms with van der Waals surface area (Å²) in [5.74, 6) is 0.249. The van der Waals surface area contributed by atoms with E-state index in [1.807, 2.05) is 66.7 Å². The van der Waals surface area contributed by atoms with Crippen molar-refractivity contribution < 1.29 is 19.1 Å². The smallest absolute Gasteiger partial charge is 0.328 e. The van der Waals surface area contributed by atoms with Crippen LogP contribution < -0.4 is 15.0 Å². The van der Waals surface area contributed by atoms with Crippen molar-refractivity contribution >= 4 is 23.1 Å². The topological polar surface area (TPSA) is 67.9 Å². The third kappa shape index (κ3) is 8.08. The molecule has 0 aliphatic heterocycles. The predicted octanol–water partition coefficient (Wildman–Crippen LogP) is 7.69. The van der Waals surface area contributed by atoms with Gasteiger partial charge in [-0.3, -0.25) is 4.79 Å². The van der Waals surface area contributed by atoms with Crippen molar-refractivity contribution in [3.63, 3.8) is 0 Å². The van der Waals surface area contributed by atoms with Crippen LogP contribution in [-0.4, -0.2) is 38.1 Å². The van der Waals surface area contributed by atoms with E-state index in [2.05, 4.69) is 52.7 Å². The monoisotopic (exact) mass is 624 g/mol. The lowest BCUT2D eigenvalue weighted by Crippen LogP contribution is -2.33. The summed E-state index contributed by atoms with van der Waals surface area (Å²) >= 11 is 0. The number of para-hydroxylation sites is 1. The molecule has 0 unspecified atom stereocenters. The maximum Gasteiger partial charge on any atom is 0.328 e. The van der Waals surface area contributed by atoms with E-state index in [9.17, 15) is 9.59 Å². The molecule has 6 rings (SSSR count). The van der Waals surface area contributed by atoms with Crippen LogP contribution in [0, 0.1) is 0 Å². The molecule has 6 nitrogen and oxygen atoms in total. The lowest BCUT2D eigenvalue weighted by molar-refractivity contribution is -0.141. The number of hydrogen-bond donors (Lipinski definition) is 1. The Morgan fingerprint density at radius 3 is 2.23 bits per heavy atom. The number of ketones is 1. The van der Waals surface area contributed by atoms with Crippen molar-refractivity contribution in [2.75, 3.05) is 30.5 Å². The minimum Gasteiger partial charge on any atom is -0.492 e. The van der Waals surface area contributed by atoms with Crippen molar-refractivity contribution in [2.24, 2.45) is 0 Å². The Labute approximate surface area is 277 Å². The van der Waals surface area contributed by atoms with Gasteiger partial charge in [0.05, 0.1) is 13.7 Å². The summed E-state index contributed by atoms with van der Waals surface area (Å²) in [5, 5.41) is 3.28. The molecule has 47 heavy (non-hydrogen) atoms. The highest BCUT2D eigenvalue weighted by Gasteiger charge is 2.23. The Bertz CT molecular complexity index is 1790. The van der Waals surface area contributed by atoms with Gasteiger partial charge < -0.3 is 19.7 Å². The highest BCUT2D eigenvalue weighted by molar-refractivity contribution is 6.12. The van der Waals surface area contributed by atoms with E-state index in [1.54, 1.807) is 18.2 Å². The van der Waals surface area contributed by atoms with Crippen LogP contribution in [0.5, 0.6) is 5.75 Å². The average Bonchev–Trinajstić information content (AvgIpc) is 3.60. The summed E-state index contributed by atoms with van der Waals surface area (Å²) < 4.78 is 11.3. The number of esters is 1. The molecule has 0 bridgehead atoms. The summed E-state index contributed by atoms with van der Waals surface area (Å²) in [6, 6.07) is 40.9. The second-order valence-electron chi connectivity index (χ2n) is 11.9. The number of nitrogens with one attached hydrogen (secondary N) is 1. The van der Waals surface area contributed by atoms with E-state index < -0.39 is 12.0 Å². The number of fused-ring (bicyclic) bond motifs is 1. The number of ether oxygens (including phenoxy) is 2. The molecule has 5 aromatic rings. The zero-order valence-electron chi connectivity index (χ0n) is 26.7. The number of anilines is 2. The lowest BCUT2D eigenvalue weighted by atomic mass is 10.00. The molecule has 0 saturated carbocycles. The number of methoxy groups -OCH3 is 1. The normalized spacial score (nSPS) is 12.5. The van der Waals surface area contributed by atoms with Crippen molar-refractivity contribution in [3.8, 4) is 5.75 Å². The minimum absolute atomic E-state index is 0.114. The molecule has 0 fully saturated rings. The van der Waals surface area contributed by atoms with Gasteiger partial charge in [-0.05, 0) is 77.9 Å². The Morgan fingerprint density at radius 1 is 0.766 bits per heavy atom. The van der Waals surface area contributed by atoms with E-state index in [4.69, 9.17) is 9.47 Å². The maximum absolute atomic E-state index is 13.3. The molecule has 238 valence electrons. The second-order valence-corrected chi connectivity index (χ2v) is 11.9. The number of rotatable bonds is 14. The summed E-state index contributed by atoms with van der Waals surface area (Å²) in [6.07, 6.45) is 3.93. The Hall–Kier alpha value is -5.36. The molecular weight excluding hydrogens is 584 g/mol. The van der Waals surface area contributed by atoms with Crippen LogP contribution in [0.1, 0.15) is 44.6 Å². The Balaban J connectivity index is 1.10. The number of carbonyl (C=O) groups excluding carboxylic acids is 2. The lowest BCUT2D eigenvalue weighted by Gasteiger charge is -2.26. The van der Waals surface area contributed by atoms with E-state index in [1.165, 1.54) is 42.3 Å². The fraction of sp³-hybridized carbons (Fsp3) is 0.220. The fourth-order valence-electron chi connectivity index (χ4n) is 6.16. The first-order valence-corrected chi connectivity index (χ1v) is 16.2. The molecule has 0 aromatic heterocycles. The third-order valence-corrected chi connectivity index (χ3v) is 8.68. The van der Waals surface area contributed by atoms with Crippen molar-refractivity contribution in [3.05, 3.63) is 161 Å². The molecular formula is C41H40N2O4. The van der Waals surface area contributed by atoms with E-state index in [0.717, 1.165) is 30.8 Å². The minimum atomic E-state index is -0.685. The van der Waals surface area contributed by atoms with E-state index >= 15 is 0 Å². The van der Waals surface area contributed by atoms with Gasteiger partial charge in [-0.25, -0.2) is 4.79 Å². The largest absolute Gasteiger partial charge is 0.492 e. The summed E-state index contributed by atoms with van der Waals surface area (Å²) in [5.41, 5.74) is 8.03. The molecule has 0 heterocycles. The van der Waals surface area contributed by atoms with Crippen LogP contribution in [0.2, 0.25) is 0 Å². The van der Waals surface area contributed by atoms with E-state index in [0.29, 0.717) is 29.8 Å². The zero-order valence-corrected chi connectivity index (χ0v) is 26.7. The standard InChI is InChI=1S/C41H40N2O4/c1-46-41(45)39(42-38-18-9-8-17-37(38)40(44)33-13-6-3-7-14-33)27-30-19-23-36(24-20-30)47-26-25-43(29-31-11-4-2-5-12-31)35-22-21-32-15-10-16-34(32)28-35/h2-9,11-14,17-24,28,39,42H,10,15-16,25-27,29H2,1H3/t39-/m0/s1. The molecule has 1 aliphatic carbocycles. The van der Waals surface area contributed by atoms with E-state index in [-0.39, 0.29) is 5.78 Å². The third-order valence-electron chi connectivity index (χ3n) is 8.68. The van der Waals surface area contributed by atoms with Crippen LogP contribution in [0.3, 0.4) is 0 Å². The number of nitrogens with zero attached hydrogens (tertiary/aromatic N) is 1. The molecule has 5 aromatic carbocycles. The SMILES string of the molecule is COC(=O)[C@H](Cc1ccc(OCCN(Cc2ccccc2)c2ccc3c(c2)CCC3)cc1)Nc1ccccc1C(=O)c1ccccc1. The molecule has 0 spiro atoms. The molecule has 1 N–H and O–H groups in total. The zero-order chi connectivity index (χ0) is 32.4. The first kappa shape index (κ1) is 31.6. The number of aryl methyl sites for hydroxylation is 2. The van der Waals surface area contributed by atoms with Crippen LogP contribution in [0.4, 0.5) is 11.4 Å². The van der Waals surface area contributed by atoms with Crippen LogP contribution in [-0.2, 0) is 35.3 Å². The molecule has 0 saturated heterocycles. The molecule has 6 heteroatoms. The second kappa shape index (κ2) is 15.3. The maximum atomic E-state index is 13.3. The van der Waals surface area contributed by atoms with Gasteiger partial charge in [-0.2, -0.15) is 0 Å². The summed E-state index contributed by atoms with van der Waals surface area (Å²) in [7, 11) is 1.37. The number of benzene rings is 5. The van der Waals surface area contributed by atoms with Gasteiger partial charge in [0.15, 0.2) is 5.78 Å².